The molecule has 1 heterocycles. The highest BCUT2D eigenvalue weighted by molar-refractivity contribution is 7.71. The van der Waals surface area contributed by atoms with E-state index in [1.165, 1.54) is 0 Å². The van der Waals surface area contributed by atoms with Gasteiger partial charge in [0.2, 0.25) is 0 Å². The van der Waals surface area contributed by atoms with Crippen LogP contribution in [0.1, 0.15) is 5.56 Å². The first-order chi connectivity index (χ1) is 3.80. The van der Waals surface area contributed by atoms with Gasteiger partial charge < -0.3 is 0 Å². The summed E-state index contributed by atoms with van der Waals surface area (Å²) in [5.41, 5.74) is 1.06. The van der Waals surface area contributed by atoms with Crippen molar-refractivity contribution in [1.29, 1.82) is 0 Å². The van der Waals surface area contributed by atoms with Gasteiger partial charge in [-0.1, -0.05) is 12.2 Å². The number of hydrogen-bond donors (Lipinski definition) is 1. The molecule has 0 saturated heterocycles. The van der Waals surface area contributed by atoms with Crippen LogP contribution in [0.25, 0.3) is 0 Å². The number of nitrogens with one attached hydrogen (secondary N) is 1. The third-order valence-corrected chi connectivity index (χ3v) is 1.34. The van der Waals surface area contributed by atoms with Crippen molar-refractivity contribution in [2.45, 2.75) is 6.92 Å². The SMILES string of the molecule is Cc1ccn[nH]c1=S. The smallest absolute Gasteiger partial charge is 0.122 e. The van der Waals surface area contributed by atoms with Gasteiger partial charge in [-0.3, -0.25) is 5.10 Å². The third-order valence-electron chi connectivity index (χ3n) is 0.923. The van der Waals surface area contributed by atoms with E-state index in [0.717, 1.165) is 5.56 Å². The molecule has 0 aliphatic carbocycles. The average Bonchev–Trinajstić information content (AvgIpc) is 1.77. The molecule has 0 spiro atoms. The topological polar surface area (TPSA) is 28.7 Å². The van der Waals surface area contributed by atoms with E-state index in [1.54, 1.807) is 6.20 Å². The first kappa shape index (κ1) is 5.44. The fourth-order valence-electron chi connectivity index (χ4n) is 0.409. The predicted molar refractivity (Wildman–Crippen MR) is 34.2 cm³/mol. The van der Waals surface area contributed by atoms with Gasteiger partial charge in [-0.25, -0.2) is 0 Å². The van der Waals surface area contributed by atoms with Crippen LogP contribution in [-0.2, 0) is 0 Å². The van der Waals surface area contributed by atoms with E-state index in [4.69, 9.17) is 12.2 Å². The molecule has 0 aromatic carbocycles. The Hall–Kier alpha value is -0.700. The van der Waals surface area contributed by atoms with Gasteiger partial charge >= 0.3 is 0 Å². The van der Waals surface area contributed by atoms with Crippen molar-refractivity contribution >= 4 is 12.2 Å². The molecule has 1 aromatic rings. The predicted octanol–water partition coefficient (Wildman–Crippen LogP) is 1.45. The number of aryl methyl sites for hydroxylation is 1. The molecule has 0 aliphatic rings. The van der Waals surface area contributed by atoms with Crippen LogP contribution in [0.5, 0.6) is 0 Å². The first-order valence-electron chi connectivity index (χ1n) is 2.31. The summed E-state index contributed by atoms with van der Waals surface area (Å²) in [7, 11) is 0. The van der Waals surface area contributed by atoms with Crippen molar-refractivity contribution in [2.75, 3.05) is 0 Å². The van der Waals surface area contributed by atoms with Gasteiger partial charge in [-0.2, -0.15) is 5.10 Å². The summed E-state index contributed by atoms with van der Waals surface area (Å²) >= 11 is 4.84. The van der Waals surface area contributed by atoms with Crippen LogP contribution >= 0.6 is 12.2 Å². The molecule has 3 heteroatoms. The Morgan fingerprint density at radius 3 is 2.88 bits per heavy atom. The van der Waals surface area contributed by atoms with Gasteiger partial charge in [-0.05, 0) is 18.6 Å². The number of nitrogens with zero attached hydrogens (tertiary/aromatic N) is 1. The summed E-state index contributed by atoms with van der Waals surface area (Å²) in [6.45, 7) is 1.94. The van der Waals surface area contributed by atoms with Gasteiger partial charge in [0.1, 0.15) is 4.64 Å². The number of H-pyrrole nitrogens is 1. The molecule has 0 bridgehead atoms. The lowest BCUT2D eigenvalue weighted by Gasteiger charge is -1.85. The molecule has 1 N–H and O–H groups in total. The Kier molecular flexibility index (Phi) is 1.39. The zero-order valence-electron chi connectivity index (χ0n) is 4.51. The number of hydrogen-bond acceptors (Lipinski definition) is 2. The summed E-state index contributed by atoms with van der Waals surface area (Å²) < 4.78 is 0.715. The maximum atomic E-state index is 4.84. The van der Waals surface area contributed by atoms with Crippen LogP contribution in [0.2, 0.25) is 0 Å². The van der Waals surface area contributed by atoms with Crippen LogP contribution in [-0.4, -0.2) is 10.2 Å². The number of rotatable bonds is 0. The minimum Gasteiger partial charge on any atom is -0.268 e. The molecular formula is C5H6N2S. The molecule has 1 rings (SSSR count). The van der Waals surface area contributed by atoms with Crippen molar-refractivity contribution in [3.8, 4) is 0 Å². The van der Waals surface area contributed by atoms with Crippen LogP contribution in [0.15, 0.2) is 12.3 Å². The standard InChI is InChI=1S/C5H6N2S/c1-4-2-3-6-7-5(4)8/h2-3H,1H3,(H,7,8). The molecular weight excluding hydrogens is 120 g/mol. The van der Waals surface area contributed by atoms with E-state index in [0.29, 0.717) is 4.64 Å². The number of aromatic amines is 1. The van der Waals surface area contributed by atoms with E-state index in [-0.39, 0.29) is 0 Å². The lowest BCUT2D eigenvalue weighted by Crippen LogP contribution is -1.81. The van der Waals surface area contributed by atoms with E-state index < -0.39 is 0 Å². The van der Waals surface area contributed by atoms with Gasteiger partial charge in [0.25, 0.3) is 0 Å². The van der Waals surface area contributed by atoms with Crippen molar-refractivity contribution in [3.05, 3.63) is 22.5 Å². The molecule has 0 radical (unpaired) electrons. The second-order valence-electron chi connectivity index (χ2n) is 1.57. The highest BCUT2D eigenvalue weighted by Crippen LogP contribution is 1.91. The molecule has 0 saturated carbocycles. The zero-order chi connectivity index (χ0) is 5.98. The summed E-state index contributed by atoms with van der Waals surface area (Å²) in [4.78, 5) is 0. The Labute approximate surface area is 52.6 Å². The highest BCUT2D eigenvalue weighted by Gasteiger charge is 1.80. The van der Waals surface area contributed by atoms with E-state index in [2.05, 4.69) is 10.2 Å². The fourth-order valence-corrected chi connectivity index (χ4v) is 0.530. The van der Waals surface area contributed by atoms with Gasteiger partial charge in [0, 0.05) is 6.20 Å². The summed E-state index contributed by atoms with van der Waals surface area (Å²) in [6, 6.07) is 1.87. The molecule has 42 valence electrons. The molecule has 0 amide bonds. The van der Waals surface area contributed by atoms with Crippen molar-refractivity contribution in [2.24, 2.45) is 0 Å². The van der Waals surface area contributed by atoms with E-state index >= 15 is 0 Å². The summed E-state index contributed by atoms with van der Waals surface area (Å²) in [5, 5.41) is 6.38. The van der Waals surface area contributed by atoms with Crippen LogP contribution < -0.4 is 0 Å². The molecule has 0 atom stereocenters. The Bertz CT molecular complexity index is 228. The van der Waals surface area contributed by atoms with E-state index in [1.807, 2.05) is 13.0 Å². The number of aromatic nitrogens is 2. The normalized spacial score (nSPS) is 9.12. The maximum Gasteiger partial charge on any atom is 0.122 e. The molecule has 1 aromatic heterocycles. The van der Waals surface area contributed by atoms with Gasteiger partial charge in [0.05, 0.1) is 0 Å². The summed E-state index contributed by atoms with van der Waals surface area (Å²) in [5.74, 6) is 0. The monoisotopic (exact) mass is 126 g/mol. The minimum atomic E-state index is 0.715. The second kappa shape index (κ2) is 2.05. The quantitative estimate of drug-likeness (QED) is 0.533. The van der Waals surface area contributed by atoms with E-state index in [9.17, 15) is 0 Å². The van der Waals surface area contributed by atoms with Crippen molar-refractivity contribution < 1.29 is 0 Å². The molecule has 8 heavy (non-hydrogen) atoms. The maximum absolute atomic E-state index is 4.84. The summed E-state index contributed by atoms with van der Waals surface area (Å²) in [6.07, 6.45) is 1.69. The zero-order valence-corrected chi connectivity index (χ0v) is 5.33. The first-order valence-corrected chi connectivity index (χ1v) is 2.72. The molecule has 0 aliphatic heterocycles. The largest absolute Gasteiger partial charge is 0.268 e. The Morgan fingerprint density at radius 1 is 1.75 bits per heavy atom. The van der Waals surface area contributed by atoms with Crippen molar-refractivity contribution in [1.82, 2.24) is 10.2 Å². The third kappa shape index (κ3) is 0.924. The Morgan fingerprint density at radius 2 is 2.50 bits per heavy atom. The van der Waals surface area contributed by atoms with Crippen molar-refractivity contribution in [3.63, 3.8) is 0 Å². The van der Waals surface area contributed by atoms with Crippen LogP contribution in [0.4, 0.5) is 0 Å². The highest BCUT2D eigenvalue weighted by atomic mass is 32.1. The molecule has 0 fully saturated rings. The van der Waals surface area contributed by atoms with Crippen LogP contribution in [0.3, 0.4) is 0 Å². The molecule has 2 nitrogen and oxygen atoms in total. The Balaban J connectivity index is 3.35. The lowest BCUT2D eigenvalue weighted by molar-refractivity contribution is 0.998. The second-order valence-corrected chi connectivity index (χ2v) is 1.98. The minimum absolute atomic E-state index is 0.715. The van der Waals surface area contributed by atoms with Crippen LogP contribution in [0, 0.1) is 11.6 Å². The fraction of sp³-hybridized carbons (Fsp3) is 0.200. The lowest BCUT2D eigenvalue weighted by atomic mass is 10.4. The van der Waals surface area contributed by atoms with Gasteiger partial charge in [0.15, 0.2) is 0 Å². The van der Waals surface area contributed by atoms with Gasteiger partial charge in [-0.15, -0.1) is 0 Å². The molecule has 0 unspecified atom stereocenters. The average molecular weight is 126 g/mol.